The second-order valence-corrected chi connectivity index (χ2v) is 10.1. The van der Waals surface area contributed by atoms with E-state index >= 15 is 0 Å². The van der Waals surface area contributed by atoms with Crippen LogP contribution >= 0.6 is 11.6 Å². The average molecular weight is 503 g/mol. The van der Waals surface area contributed by atoms with Crippen LogP contribution in [0.15, 0.2) is 71.6 Å². The van der Waals surface area contributed by atoms with E-state index in [2.05, 4.69) is 5.32 Å². The Morgan fingerprint density at radius 2 is 1.53 bits per heavy atom. The summed E-state index contributed by atoms with van der Waals surface area (Å²) in [6.07, 6.45) is 0. The molecular weight excluding hydrogens is 476 g/mol. The summed E-state index contributed by atoms with van der Waals surface area (Å²) in [5.41, 5.74) is 2.44. The van der Waals surface area contributed by atoms with Crippen molar-refractivity contribution in [3.63, 3.8) is 0 Å². The molecule has 0 aliphatic rings. The van der Waals surface area contributed by atoms with Crippen molar-refractivity contribution in [2.75, 3.05) is 20.8 Å². The van der Waals surface area contributed by atoms with Gasteiger partial charge in [-0.2, -0.15) is 4.31 Å². The van der Waals surface area contributed by atoms with Crippen LogP contribution in [0.1, 0.15) is 16.7 Å². The molecule has 0 aliphatic carbocycles. The number of halogens is 1. The number of methoxy groups -OCH3 is 2. The molecule has 180 valence electrons. The van der Waals surface area contributed by atoms with Crippen LogP contribution in [0.3, 0.4) is 0 Å². The largest absolute Gasteiger partial charge is 0.493 e. The fourth-order valence-electron chi connectivity index (χ4n) is 3.29. The highest BCUT2D eigenvalue weighted by Gasteiger charge is 2.27. The number of nitrogens with zero attached hydrogens (tertiary/aromatic N) is 1. The lowest BCUT2D eigenvalue weighted by atomic mass is 10.2. The quantitative estimate of drug-likeness (QED) is 0.449. The summed E-state index contributed by atoms with van der Waals surface area (Å²) in [6.45, 7) is 1.77. The van der Waals surface area contributed by atoms with Crippen molar-refractivity contribution in [1.29, 1.82) is 0 Å². The third-order valence-electron chi connectivity index (χ3n) is 5.19. The molecule has 3 aromatic carbocycles. The van der Waals surface area contributed by atoms with Gasteiger partial charge in [-0.1, -0.05) is 47.5 Å². The van der Waals surface area contributed by atoms with Crippen LogP contribution < -0.4 is 14.8 Å². The minimum atomic E-state index is -3.92. The lowest BCUT2D eigenvalue weighted by Gasteiger charge is -2.22. The highest BCUT2D eigenvalue weighted by Crippen LogP contribution is 2.27. The molecule has 0 saturated heterocycles. The highest BCUT2D eigenvalue weighted by atomic mass is 35.5. The molecule has 34 heavy (non-hydrogen) atoms. The Kier molecular flexibility index (Phi) is 8.55. The van der Waals surface area contributed by atoms with E-state index in [9.17, 15) is 13.2 Å². The molecule has 1 amide bonds. The van der Waals surface area contributed by atoms with Crippen LogP contribution in [0.5, 0.6) is 11.5 Å². The number of nitrogens with one attached hydrogen (secondary N) is 1. The number of hydrogen-bond acceptors (Lipinski definition) is 5. The first kappa shape index (κ1) is 25.6. The van der Waals surface area contributed by atoms with Crippen LogP contribution in [0.2, 0.25) is 5.02 Å². The van der Waals surface area contributed by atoms with Gasteiger partial charge in [0.2, 0.25) is 15.9 Å². The lowest BCUT2D eigenvalue weighted by molar-refractivity contribution is -0.121. The van der Waals surface area contributed by atoms with E-state index < -0.39 is 15.9 Å². The smallest absolute Gasteiger partial charge is 0.243 e. The van der Waals surface area contributed by atoms with Crippen molar-refractivity contribution in [3.05, 3.63) is 88.4 Å². The SMILES string of the molecule is COc1ccc(CNC(=O)CN(Cc2ccc(Cl)cc2)S(=O)(=O)c2ccc(C)cc2)cc1OC. The zero-order valence-corrected chi connectivity index (χ0v) is 20.8. The summed E-state index contributed by atoms with van der Waals surface area (Å²) in [5, 5.41) is 3.33. The Balaban J connectivity index is 1.78. The maximum atomic E-state index is 13.4. The number of carbonyl (C=O) groups is 1. The van der Waals surface area contributed by atoms with Gasteiger partial charge in [0, 0.05) is 18.1 Å². The molecule has 3 rings (SSSR count). The second kappa shape index (κ2) is 11.4. The molecule has 0 atom stereocenters. The van der Waals surface area contributed by atoms with Gasteiger partial charge in [0.05, 0.1) is 25.7 Å². The number of carbonyl (C=O) groups excluding carboxylic acids is 1. The van der Waals surface area contributed by atoms with E-state index in [1.54, 1.807) is 73.8 Å². The molecular formula is C25H27ClN2O5S. The Morgan fingerprint density at radius 3 is 2.15 bits per heavy atom. The molecule has 1 N–H and O–H groups in total. The van der Waals surface area contributed by atoms with Gasteiger partial charge >= 0.3 is 0 Å². The van der Waals surface area contributed by atoms with Gasteiger partial charge in [0.25, 0.3) is 0 Å². The van der Waals surface area contributed by atoms with Gasteiger partial charge in [-0.05, 0) is 54.4 Å². The zero-order chi connectivity index (χ0) is 24.7. The third kappa shape index (κ3) is 6.50. The van der Waals surface area contributed by atoms with Crippen LogP contribution in [-0.2, 0) is 27.9 Å². The topological polar surface area (TPSA) is 84.9 Å². The molecule has 0 fully saturated rings. The maximum Gasteiger partial charge on any atom is 0.243 e. The third-order valence-corrected chi connectivity index (χ3v) is 7.25. The number of sulfonamides is 1. The fourth-order valence-corrected chi connectivity index (χ4v) is 4.80. The Morgan fingerprint density at radius 1 is 0.912 bits per heavy atom. The molecule has 0 unspecified atom stereocenters. The van der Waals surface area contributed by atoms with Crippen molar-refractivity contribution in [1.82, 2.24) is 9.62 Å². The monoisotopic (exact) mass is 502 g/mol. The first-order valence-corrected chi connectivity index (χ1v) is 12.3. The Labute approximate surface area is 205 Å². The molecule has 0 bridgehead atoms. The summed E-state index contributed by atoms with van der Waals surface area (Å²) < 4.78 is 38.4. The van der Waals surface area contributed by atoms with Crippen LogP contribution in [0.4, 0.5) is 0 Å². The number of rotatable bonds is 10. The fraction of sp³-hybridized carbons (Fsp3) is 0.240. The first-order valence-electron chi connectivity index (χ1n) is 10.5. The summed E-state index contributed by atoms with van der Waals surface area (Å²) in [6, 6.07) is 18.7. The van der Waals surface area contributed by atoms with Gasteiger partial charge in [-0.15, -0.1) is 0 Å². The summed E-state index contributed by atoms with van der Waals surface area (Å²) in [4.78, 5) is 12.9. The zero-order valence-electron chi connectivity index (χ0n) is 19.2. The maximum absolute atomic E-state index is 13.4. The molecule has 9 heteroatoms. The predicted octanol–water partition coefficient (Wildman–Crippen LogP) is 4.17. The van der Waals surface area contributed by atoms with Gasteiger partial charge < -0.3 is 14.8 Å². The number of amides is 1. The van der Waals surface area contributed by atoms with Crippen LogP contribution in [-0.4, -0.2) is 39.4 Å². The average Bonchev–Trinajstić information content (AvgIpc) is 2.83. The predicted molar refractivity (Wildman–Crippen MR) is 132 cm³/mol. The Bertz CT molecular complexity index is 1230. The summed E-state index contributed by atoms with van der Waals surface area (Å²) in [7, 11) is -0.844. The Hall–Kier alpha value is -3.07. The highest BCUT2D eigenvalue weighted by molar-refractivity contribution is 7.89. The molecule has 0 aliphatic heterocycles. The minimum Gasteiger partial charge on any atom is -0.493 e. The standard InChI is InChI=1S/C25H27ClN2O5S/c1-18-4-11-22(12-5-18)34(30,31)28(16-19-6-9-21(26)10-7-19)17-25(29)27-15-20-8-13-23(32-2)24(14-20)33-3/h4-14H,15-17H2,1-3H3,(H,27,29). The number of aryl methyl sites for hydroxylation is 1. The van der Waals surface area contributed by atoms with Gasteiger partial charge in [-0.3, -0.25) is 4.79 Å². The van der Waals surface area contributed by atoms with Gasteiger partial charge in [0.15, 0.2) is 11.5 Å². The van der Waals surface area contributed by atoms with Crippen molar-refractivity contribution >= 4 is 27.5 Å². The molecule has 3 aromatic rings. The van der Waals surface area contributed by atoms with E-state index in [1.807, 2.05) is 6.92 Å². The van der Waals surface area contributed by atoms with Crippen molar-refractivity contribution in [2.45, 2.75) is 24.9 Å². The van der Waals surface area contributed by atoms with E-state index in [4.69, 9.17) is 21.1 Å². The van der Waals surface area contributed by atoms with Crippen molar-refractivity contribution in [2.24, 2.45) is 0 Å². The van der Waals surface area contributed by atoms with Gasteiger partial charge in [-0.25, -0.2) is 8.42 Å². The van der Waals surface area contributed by atoms with E-state index in [0.717, 1.165) is 15.4 Å². The van der Waals surface area contributed by atoms with Crippen molar-refractivity contribution < 1.29 is 22.7 Å². The van der Waals surface area contributed by atoms with Crippen molar-refractivity contribution in [3.8, 4) is 11.5 Å². The summed E-state index contributed by atoms with van der Waals surface area (Å²) >= 11 is 5.96. The van der Waals surface area contributed by atoms with E-state index in [-0.39, 0.29) is 24.5 Å². The number of benzene rings is 3. The number of ether oxygens (including phenoxy) is 2. The molecule has 0 saturated carbocycles. The molecule has 0 aromatic heterocycles. The van der Waals surface area contributed by atoms with Crippen LogP contribution in [0.25, 0.3) is 0 Å². The molecule has 0 spiro atoms. The van der Waals surface area contributed by atoms with Crippen LogP contribution in [0, 0.1) is 6.92 Å². The minimum absolute atomic E-state index is 0.0250. The lowest BCUT2D eigenvalue weighted by Crippen LogP contribution is -2.40. The second-order valence-electron chi connectivity index (χ2n) is 7.68. The molecule has 0 heterocycles. The first-order chi connectivity index (χ1) is 16.2. The van der Waals surface area contributed by atoms with E-state index in [1.165, 1.54) is 7.11 Å². The molecule has 7 nitrogen and oxygen atoms in total. The van der Waals surface area contributed by atoms with E-state index in [0.29, 0.717) is 22.1 Å². The molecule has 0 radical (unpaired) electrons. The van der Waals surface area contributed by atoms with Gasteiger partial charge in [0.1, 0.15) is 0 Å². The summed E-state index contributed by atoms with van der Waals surface area (Å²) in [5.74, 6) is 0.691. The normalized spacial score (nSPS) is 11.3. The number of hydrogen-bond donors (Lipinski definition) is 1.